The maximum absolute atomic E-state index is 11.8. The Hall–Kier alpha value is -1.86. The Bertz CT molecular complexity index is 683. The topological polar surface area (TPSA) is 75.6 Å². The zero-order chi connectivity index (χ0) is 15.4. The summed E-state index contributed by atoms with van der Waals surface area (Å²) in [5.41, 5.74) is 1.35. The minimum atomic E-state index is -1.07. The van der Waals surface area contributed by atoms with E-state index in [1.165, 1.54) is 0 Å². The first-order valence-electron chi connectivity index (χ1n) is 5.97. The van der Waals surface area contributed by atoms with Crippen molar-refractivity contribution in [2.45, 2.75) is 6.92 Å². The molecular weight excluding hydrogens is 358 g/mol. The van der Waals surface area contributed by atoms with E-state index in [1.54, 1.807) is 17.5 Å². The van der Waals surface area contributed by atoms with Crippen LogP contribution in [0.1, 0.15) is 15.2 Å². The fraction of sp³-hybridized carbons (Fsp3) is 0.143. The van der Waals surface area contributed by atoms with Gasteiger partial charge in [-0.3, -0.25) is 4.79 Å². The predicted molar refractivity (Wildman–Crippen MR) is 84.3 cm³/mol. The summed E-state index contributed by atoms with van der Waals surface area (Å²) in [6.07, 6.45) is 0. The molecule has 0 spiro atoms. The van der Waals surface area contributed by atoms with Crippen LogP contribution in [0.3, 0.4) is 0 Å². The van der Waals surface area contributed by atoms with Crippen molar-refractivity contribution in [3.05, 3.63) is 44.6 Å². The zero-order valence-corrected chi connectivity index (χ0v) is 13.5. The number of nitrogens with one attached hydrogen (secondary N) is 1. The molecule has 0 aliphatic heterocycles. The van der Waals surface area contributed by atoms with Gasteiger partial charge >= 0.3 is 5.97 Å². The van der Waals surface area contributed by atoms with E-state index in [0.717, 1.165) is 21.4 Å². The van der Waals surface area contributed by atoms with Gasteiger partial charge in [0.1, 0.15) is 10.6 Å². The Morgan fingerprint density at radius 3 is 2.81 bits per heavy atom. The molecule has 5 nitrogen and oxygen atoms in total. The number of thiophene rings is 1. The predicted octanol–water partition coefficient (Wildman–Crippen LogP) is 3.53. The molecule has 0 saturated carbocycles. The maximum Gasteiger partial charge on any atom is 0.348 e. The fourth-order valence-electron chi connectivity index (χ4n) is 1.63. The number of carbonyl (C=O) groups excluding carboxylic acids is 1. The van der Waals surface area contributed by atoms with E-state index in [-0.39, 0.29) is 17.2 Å². The first-order valence-corrected chi connectivity index (χ1v) is 7.64. The number of rotatable bonds is 5. The fourth-order valence-corrected chi connectivity index (χ4v) is 2.92. The second kappa shape index (κ2) is 6.73. The second-order valence-corrected chi connectivity index (χ2v) is 6.01. The third-order valence-corrected chi connectivity index (χ3v) is 4.10. The Balaban J connectivity index is 1.96. The quantitative estimate of drug-likeness (QED) is 0.844. The molecule has 2 aromatic rings. The summed E-state index contributed by atoms with van der Waals surface area (Å²) in [5, 5.41) is 13.1. The van der Waals surface area contributed by atoms with Gasteiger partial charge in [0.25, 0.3) is 5.91 Å². The van der Waals surface area contributed by atoms with E-state index in [2.05, 4.69) is 21.2 Å². The van der Waals surface area contributed by atoms with Crippen molar-refractivity contribution in [2.75, 3.05) is 11.9 Å². The third-order valence-electron chi connectivity index (χ3n) is 2.58. The highest BCUT2D eigenvalue weighted by Gasteiger charge is 2.14. The van der Waals surface area contributed by atoms with Gasteiger partial charge in [-0.2, -0.15) is 0 Å². The molecule has 2 N–H and O–H groups in total. The van der Waals surface area contributed by atoms with Crippen molar-refractivity contribution >= 4 is 44.8 Å². The molecule has 0 fully saturated rings. The molecule has 0 aliphatic carbocycles. The Morgan fingerprint density at radius 1 is 1.38 bits per heavy atom. The molecule has 1 aromatic heterocycles. The van der Waals surface area contributed by atoms with Gasteiger partial charge in [0, 0.05) is 0 Å². The average Bonchev–Trinajstić information content (AvgIpc) is 2.86. The van der Waals surface area contributed by atoms with Crippen LogP contribution in [0, 0.1) is 6.92 Å². The number of anilines is 1. The minimum Gasteiger partial charge on any atom is -0.483 e. The summed E-state index contributed by atoms with van der Waals surface area (Å²) in [6, 6.07) is 7.07. The molecule has 1 amide bonds. The minimum absolute atomic E-state index is 0.0971. The molecule has 110 valence electrons. The molecule has 0 saturated heterocycles. The van der Waals surface area contributed by atoms with Crippen LogP contribution in [0.5, 0.6) is 5.75 Å². The number of carboxylic acid groups (broad SMARTS) is 1. The van der Waals surface area contributed by atoms with Crippen molar-refractivity contribution in [1.82, 2.24) is 0 Å². The highest BCUT2D eigenvalue weighted by atomic mass is 79.9. The van der Waals surface area contributed by atoms with E-state index < -0.39 is 11.9 Å². The van der Waals surface area contributed by atoms with Crippen LogP contribution >= 0.6 is 27.3 Å². The van der Waals surface area contributed by atoms with Gasteiger partial charge in [-0.05, 0) is 52.0 Å². The van der Waals surface area contributed by atoms with Gasteiger partial charge < -0.3 is 15.2 Å². The number of halogens is 1. The molecular formula is C14H12BrNO4S. The van der Waals surface area contributed by atoms with Gasteiger partial charge in [0.2, 0.25) is 0 Å². The van der Waals surface area contributed by atoms with Crippen LogP contribution in [0.4, 0.5) is 5.69 Å². The Morgan fingerprint density at radius 2 is 2.14 bits per heavy atom. The van der Waals surface area contributed by atoms with E-state index >= 15 is 0 Å². The first kappa shape index (κ1) is 15.5. The molecule has 0 bridgehead atoms. The number of aromatic carboxylic acids is 1. The lowest BCUT2D eigenvalue weighted by Crippen LogP contribution is -2.21. The van der Waals surface area contributed by atoms with Crippen molar-refractivity contribution in [3.63, 3.8) is 0 Å². The summed E-state index contributed by atoms with van der Waals surface area (Å²) >= 11 is 4.41. The number of hydrogen-bond donors (Lipinski definition) is 2. The van der Waals surface area contributed by atoms with Crippen LogP contribution in [0.15, 0.2) is 34.1 Å². The van der Waals surface area contributed by atoms with Crippen LogP contribution in [0.25, 0.3) is 0 Å². The molecule has 0 radical (unpaired) electrons. The van der Waals surface area contributed by atoms with E-state index in [4.69, 9.17) is 9.84 Å². The monoisotopic (exact) mass is 369 g/mol. The summed E-state index contributed by atoms with van der Waals surface area (Å²) in [7, 11) is 0. The largest absolute Gasteiger partial charge is 0.483 e. The number of benzene rings is 1. The maximum atomic E-state index is 11.8. The van der Waals surface area contributed by atoms with E-state index in [9.17, 15) is 9.59 Å². The van der Waals surface area contributed by atoms with Crippen LogP contribution < -0.4 is 10.1 Å². The molecule has 2 rings (SSSR count). The van der Waals surface area contributed by atoms with Gasteiger partial charge in [-0.1, -0.05) is 6.07 Å². The lowest BCUT2D eigenvalue weighted by Gasteiger charge is -2.09. The first-order chi connectivity index (χ1) is 9.97. The normalized spacial score (nSPS) is 10.2. The van der Waals surface area contributed by atoms with Gasteiger partial charge in [0.15, 0.2) is 6.61 Å². The highest BCUT2D eigenvalue weighted by molar-refractivity contribution is 9.10. The summed E-state index contributed by atoms with van der Waals surface area (Å²) in [6.45, 7) is 1.75. The van der Waals surface area contributed by atoms with E-state index in [0.29, 0.717) is 5.75 Å². The summed E-state index contributed by atoms with van der Waals surface area (Å²) in [5.74, 6) is -0.926. The zero-order valence-electron chi connectivity index (χ0n) is 11.1. The molecule has 0 atom stereocenters. The van der Waals surface area contributed by atoms with Crippen LogP contribution in [-0.2, 0) is 4.79 Å². The van der Waals surface area contributed by atoms with Crippen molar-refractivity contribution in [1.29, 1.82) is 0 Å². The van der Waals surface area contributed by atoms with Gasteiger partial charge in [0.05, 0.1) is 10.2 Å². The third kappa shape index (κ3) is 4.05. The van der Waals surface area contributed by atoms with Crippen molar-refractivity contribution in [2.24, 2.45) is 0 Å². The Labute approximate surface area is 133 Å². The van der Waals surface area contributed by atoms with Crippen molar-refractivity contribution in [3.8, 4) is 5.75 Å². The molecule has 0 aliphatic rings. The number of carbonyl (C=O) groups is 2. The lowest BCUT2D eigenvalue weighted by molar-refractivity contribution is -0.118. The van der Waals surface area contributed by atoms with Crippen LogP contribution in [-0.4, -0.2) is 23.6 Å². The average molecular weight is 370 g/mol. The number of ether oxygens (including phenoxy) is 1. The Kier molecular flexibility index (Phi) is 4.98. The number of amides is 1. The molecule has 21 heavy (non-hydrogen) atoms. The summed E-state index contributed by atoms with van der Waals surface area (Å²) in [4.78, 5) is 22.8. The number of aryl methyl sites for hydroxylation is 1. The molecule has 7 heteroatoms. The highest BCUT2D eigenvalue weighted by Crippen LogP contribution is 2.26. The number of carboxylic acids is 1. The lowest BCUT2D eigenvalue weighted by atomic mass is 10.2. The van der Waals surface area contributed by atoms with Crippen LogP contribution in [0.2, 0.25) is 0 Å². The molecule has 1 aromatic carbocycles. The van der Waals surface area contributed by atoms with E-state index in [1.807, 2.05) is 19.1 Å². The standard InChI is InChI=1S/C14H12BrNO4S/c1-8-2-3-11(9(15)6-8)20-7-12(17)16-10-4-5-21-13(10)14(18)19/h2-6H,7H2,1H3,(H,16,17)(H,18,19). The molecule has 0 unspecified atom stereocenters. The molecule has 1 heterocycles. The second-order valence-electron chi connectivity index (χ2n) is 4.24. The SMILES string of the molecule is Cc1ccc(OCC(=O)Nc2ccsc2C(=O)O)c(Br)c1. The summed E-state index contributed by atoms with van der Waals surface area (Å²) < 4.78 is 6.16. The van der Waals surface area contributed by atoms with Crippen molar-refractivity contribution < 1.29 is 19.4 Å². The van der Waals surface area contributed by atoms with Gasteiger partial charge in [-0.15, -0.1) is 11.3 Å². The van der Waals surface area contributed by atoms with Gasteiger partial charge in [-0.25, -0.2) is 4.79 Å². The smallest absolute Gasteiger partial charge is 0.348 e. The number of hydrogen-bond acceptors (Lipinski definition) is 4.